The van der Waals surface area contributed by atoms with Gasteiger partial charge in [0, 0.05) is 12.5 Å². The van der Waals surface area contributed by atoms with Gasteiger partial charge < -0.3 is 9.15 Å². The van der Waals surface area contributed by atoms with E-state index in [9.17, 15) is 4.79 Å². The Hall–Kier alpha value is -1.59. The fourth-order valence-corrected chi connectivity index (χ4v) is 3.99. The number of ether oxygens (including phenoxy) is 1. The van der Waals surface area contributed by atoms with Gasteiger partial charge in [0.1, 0.15) is 11.6 Å². The molecular formula is C20H33N3O3. The summed E-state index contributed by atoms with van der Waals surface area (Å²) >= 11 is 0. The molecule has 6 heteroatoms. The average Bonchev–Trinajstić information content (AvgIpc) is 3.24. The molecule has 1 aliphatic heterocycles. The third kappa shape index (κ3) is 4.98. The third-order valence-corrected chi connectivity index (χ3v) is 5.33. The zero-order valence-electron chi connectivity index (χ0n) is 16.5. The molecule has 0 aromatic carbocycles. The van der Waals surface area contributed by atoms with E-state index in [1.807, 2.05) is 20.8 Å². The minimum absolute atomic E-state index is 0.151. The van der Waals surface area contributed by atoms with Crippen LogP contribution in [0.4, 0.5) is 4.79 Å². The standard InChI is InChI=1S/C20H33N3O3/c1-20(2,3)26-19(24)23-14-10-13-16(23)18-22-21-17(25-18)15-11-8-6-4-5-7-9-12-15/h15-16H,4-14H2,1-3H3. The molecule has 1 aromatic rings. The van der Waals surface area contributed by atoms with Crippen molar-refractivity contribution in [2.75, 3.05) is 6.54 Å². The molecule has 1 amide bonds. The quantitative estimate of drug-likeness (QED) is 0.707. The van der Waals surface area contributed by atoms with Crippen molar-refractivity contribution in [2.24, 2.45) is 0 Å². The van der Waals surface area contributed by atoms with Gasteiger partial charge in [-0.05, 0) is 46.5 Å². The summed E-state index contributed by atoms with van der Waals surface area (Å²) in [5.41, 5.74) is -0.498. The predicted octanol–water partition coefficient (Wildman–Crippen LogP) is 5.36. The Morgan fingerprint density at radius 3 is 2.23 bits per heavy atom. The summed E-state index contributed by atoms with van der Waals surface area (Å²) in [5, 5.41) is 8.67. The Morgan fingerprint density at radius 1 is 0.962 bits per heavy atom. The second kappa shape index (κ2) is 8.40. The number of aromatic nitrogens is 2. The molecule has 1 saturated heterocycles. The van der Waals surface area contributed by atoms with Gasteiger partial charge in [-0.1, -0.05) is 38.5 Å². The minimum atomic E-state index is -0.498. The van der Waals surface area contributed by atoms with Crippen molar-refractivity contribution < 1.29 is 13.9 Å². The summed E-state index contributed by atoms with van der Waals surface area (Å²) < 4.78 is 11.6. The summed E-state index contributed by atoms with van der Waals surface area (Å²) in [4.78, 5) is 14.2. The number of nitrogens with zero attached hydrogens (tertiary/aromatic N) is 3. The Labute approximate surface area is 156 Å². The number of carbonyl (C=O) groups excluding carboxylic acids is 1. The predicted molar refractivity (Wildman–Crippen MR) is 98.9 cm³/mol. The lowest BCUT2D eigenvalue weighted by Crippen LogP contribution is -2.36. The second-order valence-electron chi connectivity index (χ2n) is 8.71. The first-order chi connectivity index (χ1) is 12.4. The van der Waals surface area contributed by atoms with Crippen LogP contribution >= 0.6 is 0 Å². The van der Waals surface area contributed by atoms with Crippen LogP contribution in [-0.2, 0) is 4.74 Å². The van der Waals surface area contributed by atoms with E-state index in [1.165, 1.54) is 38.5 Å². The molecule has 0 radical (unpaired) electrons. The van der Waals surface area contributed by atoms with Gasteiger partial charge in [-0.15, -0.1) is 10.2 Å². The van der Waals surface area contributed by atoms with Gasteiger partial charge >= 0.3 is 6.09 Å². The maximum Gasteiger partial charge on any atom is 0.410 e. The van der Waals surface area contributed by atoms with Crippen molar-refractivity contribution in [2.45, 2.75) is 103 Å². The van der Waals surface area contributed by atoms with Gasteiger partial charge in [0.2, 0.25) is 11.8 Å². The Balaban J connectivity index is 1.68. The molecule has 1 unspecified atom stereocenters. The van der Waals surface area contributed by atoms with Gasteiger partial charge in [0.15, 0.2) is 0 Å². The number of carbonyl (C=O) groups is 1. The van der Waals surface area contributed by atoms with Crippen LogP contribution < -0.4 is 0 Å². The van der Waals surface area contributed by atoms with Gasteiger partial charge in [-0.25, -0.2) is 4.79 Å². The number of hydrogen-bond acceptors (Lipinski definition) is 5. The van der Waals surface area contributed by atoms with E-state index >= 15 is 0 Å². The van der Waals surface area contributed by atoms with E-state index in [-0.39, 0.29) is 12.1 Å². The fraction of sp³-hybridized carbons (Fsp3) is 0.850. The molecule has 1 atom stereocenters. The van der Waals surface area contributed by atoms with Gasteiger partial charge in [-0.2, -0.15) is 0 Å². The van der Waals surface area contributed by atoms with E-state index in [0.717, 1.165) is 31.6 Å². The van der Waals surface area contributed by atoms with Crippen molar-refractivity contribution in [3.8, 4) is 0 Å². The topological polar surface area (TPSA) is 68.5 Å². The first-order valence-electron chi connectivity index (χ1n) is 10.3. The Kier molecular flexibility index (Phi) is 6.20. The molecule has 2 heterocycles. The molecule has 1 aromatic heterocycles. The molecule has 2 fully saturated rings. The molecule has 26 heavy (non-hydrogen) atoms. The maximum atomic E-state index is 12.5. The van der Waals surface area contributed by atoms with Crippen molar-refractivity contribution in [3.05, 3.63) is 11.8 Å². The number of hydrogen-bond donors (Lipinski definition) is 0. The van der Waals surface area contributed by atoms with Crippen molar-refractivity contribution in [3.63, 3.8) is 0 Å². The highest BCUT2D eigenvalue weighted by Crippen LogP contribution is 2.35. The van der Waals surface area contributed by atoms with E-state index in [1.54, 1.807) is 4.90 Å². The minimum Gasteiger partial charge on any atom is -0.444 e. The number of likely N-dealkylation sites (tertiary alicyclic amines) is 1. The van der Waals surface area contributed by atoms with E-state index < -0.39 is 5.60 Å². The van der Waals surface area contributed by atoms with Crippen LogP contribution in [0.15, 0.2) is 4.42 Å². The summed E-state index contributed by atoms with van der Waals surface area (Å²) in [6.45, 7) is 6.34. The van der Waals surface area contributed by atoms with Crippen molar-refractivity contribution in [1.82, 2.24) is 15.1 Å². The van der Waals surface area contributed by atoms with Crippen LogP contribution in [0.25, 0.3) is 0 Å². The lowest BCUT2D eigenvalue weighted by atomic mass is 9.97. The van der Waals surface area contributed by atoms with E-state index in [2.05, 4.69) is 10.2 Å². The second-order valence-corrected chi connectivity index (χ2v) is 8.71. The number of rotatable bonds is 2. The van der Waals surface area contributed by atoms with Crippen molar-refractivity contribution >= 4 is 6.09 Å². The summed E-state index contributed by atoms with van der Waals surface area (Å²) in [6, 6.07) is -0.151. The van der Waals surface area contributed by atoms with Crippen LogP contribution in [0, 0.1) is 0 Å². The molecule has 1 saturated carbocycles. The van der Waals surface area contributed by atoms with E-state index in [4.69, 9.17) is 9.15 Å². The molecule has 0 spiro atoms. The summed E-state index contributed by atoms with van der Waals surface area (Å²) in [5.74, 6) is 1.70. The molecule has 0 N–H and O–H groups in total. The normalized spacial score (nSPS) is 23.3. The zero-order valence-corrected chi connectivity index (χ0v) is 16.5. The van der Waals surface area contributed by atoms with Gasteiger partial charge in [0.25, 0.3) is 0 Å². The van der Waals surface area contributed by atoms with E-state index in [0.29, 0.717) is 18.4 Å². The van der Waals surface area contributed by atoms with Gasteiger partial charge in [-0.3, -0.25) is 4.90 Å². The first-order valence-corrected chi connectivity index (χ1v) is 10.3. The van der Waals surface area contributed by atoms with Crippen LogP contribution in [0.2, 0.25) is 0 Å². The highest BCUT2D eigenvalue weighted by atomic mass is 16.6. The average molecular weight is 364 g/mol. The lowest BCUT2D eigenvalue weighted by Gasteiger charge is -2.27. The molecule has 146 valence electrons. The molecule has 3 rings (SSSR count). The van der Waals surface area contributed by atoms with Crippen LogP contribution in [-0.4, -0.2) is 33.3 Å². The van der Waals surface area contributed by atoms with Crippen molar-refractivity contribution in [1.29, 1.82) is 0 Å². The maximum absolute atomic E-state index is 12.5. The molecular weight excluding hydrogens is 330 g/mol. The number of amides is 1. The molecule has 1 aliphatic carbocycles. The lowest BCUT2D eigenvalue weighted by molar-refractivity contribution is 0.0203. The monoisotopic (exact) mass is 363 g/mol. The first kappa shape index (κ1) is 19.2. The summed E-state index contributed by atoms with van der Waals surface area (Å²) in [6.07, 6.45) is 11.5. The molecule has 6 nitrogen and oxygen atoms in total. The Morgan fingerprint density at radius 2 is 1.58 bits per heavy atom. The third-order valence-electron chi connectivity index (χ3n) is 5.33. The highest BCUT2D eigenvalue weighted by Gasteiger charge is 2.36. The highest BCUT2D eigenvalue weighted by molar-refractivity contribution is 5.69. The molecule has 2 aliphatic rings. The fourth-order valence-electron chi connectivity index (χ4n) is 3.99. The molecule has 0 bridgehead atoms. The smallest absolute Gasteiger partial charge is 0.410 e. The largest absolute Gasteiger partial charge is 0.444 e. The Bertz CT molecular complexity index is 583. The summed E-state index contributed by atoms with van der Waals surface area (Å²) in [7, 11) is 0. The van der Waals surface area contributed by atoms with Gasteiger partial charge in [0.05, 0.1) is 0 Å². The SMILES string of the molecule is CC(C)(C)OC(=O)N1CCCC1c1nnc(C2CCCCCCCC2)o1. The zero-order chi connectivity index (χ0) is 18.6. The van der Waals surface area contributed by atoms with Crippen LogP contribution in [0.5, 0.6) is 0 Å². The van der Waals surface area contributed by atoms with Crippen LogP contribution in [0.3, 0.4) is 0 Å². The van der Waals surface area contributed by atoms with Crippen LogP contribution in [0.1, 0.15) is 109 Å².